The topological polar surface area (TPSA) is 87.9 Å². The first kappa shape index (κ1) is 15.0. The number of nitrogens with zero attached hydrogens (tertiary/aromatic N) is 3. The second kappa shape index (κ2) is 6.88. The second-order valence-corrected chi connectivity index (χ2v) is 4.54. The first-order chi connectivity index (χ1) is 10.1. The lowest BCUT2D eigenvalue weighted by atomic mass is 10.2. The third-order valence-corrected chi connectivity index (χ3v) is 2.84. The molecule has 0 spiro atoms. The maximum Gasteiger partial charge on any atom is 0.258 e. The van der Waals surface area contributed by atoms with Gasteiger partial charge in [0.05, 0.1) is 5.56 Å². The van der Waals surface area contributed by atoms with Gasteiger partial charge in [-0.15, -0.1) is 10.2 Å². The summed E-state index contributed by atoms with van der Waals surface area (Å²) in [6, 6.07) is 9.72. The number of aromatic nitrogens is 2. The molecule has 21 heavy (non-hydrogen) atoms. The van der Waals surface area contributed by atoms with Gasteiger partial charge in [-0.2, -0.15) is 5.26 Å². The van der Waals surface area contributed by atoms with Crippen LogP contribution >= 0.6 is 23.2 Å². The second-order valence-electron chi connectivity index (χ2n) is 3.80. The molecule has 1 amide bonds. The molecule has 0 atom stereocenters. The highest BCUT2D eigenvalue weighted by Crippen LogP contribution is 2.19. The van der Waals surface area contributed by atoms with Crippen LogP contribution < -0.4 is 10.1 Å². The van der Waals surface area contributed by atoms with Crippen molar-refractivity contribution in [3.63, 3.8) is 0 Å². The van der Waals surface area contributed by atoms with Gasteiger partial charge >= 0.3 is 0 Å². The molecule has 1 heterocycles. The number of ether oxygens (including phenoxy) is 1. The van der Waals surface area contributed by atoms with E-state index in [1.54, 1.807) is 24.3 Å². The zero-order valence-corrected chi connectivity index (χ0v) is 12.0. The number of anilines is 1. The molecule has 0 unspecified atom stereocenters. The van der Waals surface area contributed by atoms with Gasteiger partial charge in [-0.3, -0.25) is 4.79 Å². The van der Waals surface area contributed by atoms with Crippen molar-refractivity contribution in [3.8, 4) is 11.8 Å². The average molecular weight is 323 g/mol. The number of hydrogen-bond acceptors (Lipinski definition) is 5. The van der Waals surface area contributed by atoms with Crippen molar-refractivity contribution in [2.45, 2.75) is 0 Å². The van der Waals surface area contributed by atoms with E-state index in [1.807, 2.05) is 6.07 Å². The van der Waals surface area contributed by atoms with Gasteiger partial charge in [-0.1, -0.05) is 23.2 Å². The molecule has 2 rings (SSSR count). The standard InChI is InChI=1S/C13H8Cl2N4O2/c14-11-7-10(12(15)19-18-11)13(20)17-8-1-3-9(4-2-8)21-6-5-16/h1-4,7H,6H2,(H,17,20). The number of carbonyl (C=O) groups excluding carboxylic acids is 1. The Labute approximate surface area is 130 Å². The number of carbonyl (C=O) groups is 1. The Balaban J connectivity index is 2.09. The van der Waals surface area contributed by atoms with Gasteiger partial charge < -0.3 is 10.1 Å². The van der Waals surface area contributed by atoms with Crippen LogP contribution in [0.3, 0.4) is 0 Å². The van der Waals surface area contributed by atoms with E-state index in [-0.39, 0.29) is 22.5 Å². The SMILES string of the molecule is N#CCOc1ccc(NC(=O)c2cc(Cl)nnc2Cl)cc1. The van der Waals surface area contributed by atoms with Gasteiger partial charge in [0.25, 0.3) is 5.91 Å². The zero-order chi connectivity index (χ0) is 15.2. The van der Waals surface area contributed by atoms with Crippen molar-refractivity contribution in [2.24, 2.45) is 0 Å². The number of rotatable bonds is 4. The Morgan fingerprint density at radius 1 is 1.29 bits per heavy atom. The Kier molecular flexibility index (Phi) is 4.93. The minimum atomic E-state index is -0.456. The third-order valence-electron chi connectivity index (χ3n) is 2.38. The van der Waals surface area contributed by atoms with Gasteiger partial charge in [0, 0.05) is 5.69 Å². The number of halogens is 2. The molecule has 1 N–H and O–H groups in total. The van der Waals surface area contributed by atoms with Crippen LogP contribution in [-0.4, -0.2) is 22.7 Å². The molecule has 0 radical (unpaired) electrons. The zero-order valence-electron chi connectivity index (χ0n) is 10.5. The fourth-order valence-corrected chi connectivity index (χ4v) is 1.79. The van der Waals surface area contributed by atoms with E-state index in [9.17, 15) is 4.79 Å². The van der Waals surface area contributed by atoms with E-state index in [1.165, 1.54) is 6.07 Å². The third kappa shape index (κ3) is 4.05. The Morgan fingerprint density at radius 3 is 2.67 bits per heavy atom. The number of nitrogens with one attached hydrogen (secondary N) is 1. The summed E-state index contributed by atoms with van der Waals surface area (Å²) in [4.78, 5) is 12.0. The lowest BCUT2D eigenvalue weighted by Gasteiger charge is -2.07. The summed E-state index contributed by atoms with van der Waals surface area (Å²) in [7, 11) is 0. The van der Waals surface area contributed by atoms with Crippen molar-refractivity contribution >= 4 is 34.8 Å². The summed E-state index contributed by atoms with van der Waals surface area (Å²) in [6.45, 7) is -0.0392. The van der Waals surface area contributed by atoms with Crippen LogP contribution in [0, 0.1) is 11.3 Å². The minimum absolute atomic E-state index is 0.0362. The quantitative estimate of drug-likeness (QED) is 0.934. The van der Waals surface area contributed by atoms with Gasteiger partial charge in [-0.25, -0.2) is 0 Å². The van der Waals surface area contributed by atoms with Crippen molar-refractivity contribution in [1.82, 2.24) is 10.2 Å². The summed E-state index contributed by atoms with van der Waals surface area (Å²) in [5.74, 6) is 0.0729. The molecule has 0 bridgehead atoms. The van der Waals surface area contributed by atoms with Crippen LogP contribution in [0.1, 0.15) is 10.4 Å². The molecule has 1 aromatic carbocycles. The van der Waals surface area contributed by atoms with Gasteiger partial charge in [0.15, 0.2) is 16.9 Å². The average Bonchev–Trinajstić information content (AvgIpc) is 2.49. The fraction of sp³-hybridized carbons (Fsp3) is 0.0769. The number of benzene rings is 1. The summed E-state index contributed by atoms with van der Waals surface area (Å²) in [6.07, 6.45) is 0. The largest absolute Gasteiger partial charge is 0.479 e. The number of hydrogen-bond donors (Lipinski definition) is 1. The summed E-state index contributed by atoms with van der Waals surface area (Å²) in [5, 5.41) is 18.2. The van der Waals surface area contributed by atoms with Crippen LogP contribution in [0.25, 0.3) is 0 Å². The van der Waals surface area contributed by atoms with Crippen molar-refractivity contribution in [3.05, 3.63) is 46.2 Å². The van der Waals surface area contributed by atoms with Crippen LogP contribution in [0.4, 0.5) is 5.69 Å². The predicted molar refractivity (Wildman–Crippen MR) is 77.6 cm³/mol. The monoisotopic (exact) mass is 322 g/mol. The maximum atomic E-state index is 12.0. The Morgan fingerprint density at radius 2 is 2.00 bits per heavy atom. The smallest absolute Gasteiger partial charge is 0.258 e. The van der Waals surface area contributed by atoms with Crippen molar-refractivity contribution in [2.75, 3.05) is 11.9 Å². The normalized spacial score (nSPS) is 9.76. The number of amides is 1. The first-order valence-corrected chi connectivity index (χ1v) is 6.45. The van der Waals surface area contributed by atoms with E-state index in [4.69, 9.17) is 33.2 Å². The van der Waals surface area contributed by atoms with Crippen LogP contribution in [0.2, 0.25) is 10.3 Å². The summed E-state index contributed by atoms with van der Waals surface area (Å²) < 4.78 is 5.10. The summed E-state index contributed by atoms with van der Waals surface area (Å²) in [5.41, 5.74) is 0.662. The van der Waals surface area contributed by atoms with E-state index in [2.05, 4.69) is 15.5 Å². The van der Waals surface area contributed by atoms with Gasteiger partial charge in [-0.05, 0) is 30.3 Å². The van der Waals surface area contributed by atoms with Gasteiger partial charge in [0.1, 0.15) is 11.8 Å². The van der Waals surface area contributed by atoms with Crippen LogP contribution in [0.15, 0.2) is 30.3 Å². The molecule has 106 valence electrons. The molecule has 2 aromatic rings. The van der Waals surface area contributed by atoms with E-state index < -0.39 is 5.91 Å². The number of nitriles is 1. The molecule has 0 saturated carbocycles. The Bertz CT molecular complexity index is 698. The molecule has 1 aromatic heterocycles. The van der Waals surface area contributed by atoms with Gasteiger partial charge in [0.2, 0.25) is 0 Å². The van der Waals surface area contributed by atoms with E-state index in [0.29, 0.717) is 11.4 Å². The molecular weight excluding hydrogens is 315 g/mol. The predicted octanol–water partition coefficient (Wildman–Crippen LogP) is 2.94. The lowest BCUT2D eigenvalue weighted by Crippen LogP contribution is -2.13. The highest BCUT2D eigenvalue weighted by molar-refractivity contribution is 6.34. The molecule has 0 aliphatic rings. The molecular formula is C13H8Cl2N4O2. The maximum absolute atomic E-state index is 12.0. The first-order valence-electron chi connectivity index (χ1n) is 5.70. The van der Waals surface area contributed by atoms with Crippen LogP contribution in [-0.2, 0) is 0 Å². The van der Waals surface area contributed by atoms with E-state index >= 15 is 0 Å². The minimum Gasteiger partial charge on any atom is -0.479 e. The molecule has 8 heteroatoms. The van der Waals surface area contributed by atoms with Crippen molar-refractivity contribution < 1.29 is 9.53 Å². The van der Waals surface area contributed by atoms with E-state index in [0.717, 1.165) is 0 Å². The molecule has 6 nitrogen and oxygen atoms in total. The van der Waals surface area contributed by atoms with Crippen LogP contribution in [0.5, 0.6) is 5.75 Å². The Hall–Kier alpha value is -2.36. The molecule has 0 aliphatic heterocycles. The van der Waals surface area contributed by atoms with Crippen molar-refractivity contribution in [1.29, 1.82) is 5.26 Å². The molecule has 0 saturated heterocycles. The summed E-state index contributed by atoms with van der Waals surface area (Å²) >= 11 is 11.5. The lowest BCUT2D eigenvalue weighted by molar-refractivity contribution is 0.102. The molecule has 0 fully saturated rings. The fourth-order valence-electron chi connectivity index (χ4n) is 1.46. The highest BCUT2D eigenvalue weighted by atomic mass is 35.5. The molecule has 0 aliphatic carbocycles. The highest BCUT2D eigenvalue weighted by Gasteiger charge is 2.13.